The molecule has 0 aliphatic carbocycles. The van der Waals surface area contributed by atoms with Crippen LogP contribution in [0, 0.1) is 18.3 Å². The van der Waals surface area contributed by atoms with Gasteiger partial charge in [0.2, 0.25) is 0 Å². The Balaban J connectivity index is 2.79. The van der Waals surface area contributed by atoms with Gasteiger partial charge in [0.1, 0.15) is 5.69 Å². The lowest BCUT2D eigenvalue weighted by Crippen LogP contribution is -2.09. The SMILES string of the molecule is Cc1ccc(C(=O)O)n1CCCC#N. The first-order valence-corrected chi connectivity index (χ1v) is 4.43. The summed E-state index contributed by atoms with van der Waals surface area (Å²) in [4.78, 5) is 10.8. The van der Waals surface area contributed by atoms with Crippen LogP contribution in [0.25, 0.3) is 0 Å². The maximum Gasteiger partial charge on any atom is 0.352 e. The summed E-state index contributed by atoms with van der Waals surface area (Å²) in [6.07, 6.45) is 1.14. The highest BCUT2D eigenvalue weighted by Crippen LogP contribution is 2.09. The van der Waals surface area contributed by atoms with Crippen molar-refractivity contribution in [1.29, 1.82) is 5.26 Å². The van der Waals surface area contributed by atoms with Crippen LogP contribution in [0.1, 0.15) is 29.0 Å². The predicted octanol–water partition coefficient (Wildman–Crippen LogP) is 1.80. The molecular weight excluding hydrogens is 180 g/mol. The first-order chi connectivity index (χ1) is 6.66. The number of aromatic carboxylic acids is 1. The highest BCUT2D eigenvalue weighted by molar-refractivity contribution is 5.86. The van der Waals surface area contributed by atoms with E-state index in [2.05, 4.69) is 0 Å². The molecule has 0 unspecified atom stereocenters. The molecule has 0 saturated heterocycles. The van der Waals surface area contributed by atoms with Crippen molar-refractivity contribution in [2.24, 2.45) is 0 Å². The van der Waals surface area contributed by atoms with Crippen molar-refractivity contribution in [3.8, 4) is 6.07 Å². The molecule has 1 aromatic heterocycles. The van der Waals surface area contributed by atoms with E-state index in [1.807, 2.05) is 13.0 Å². The summed E-state index contributed by atoms with van der Waals surface area (Å²) >= 11 is 0. The molecule has 1 aromatic rings. The third-order valence-electron chi connectivity index (χ3n) is 2.09. The quantitative estimate of drug-likeness (QED) is 0.739. The van der Waals surface area contributed by atoms with Crippen molar-refractivity contribution in [3.05, 3.63) is 23.5 Å². The summed E-state index contributed by atoms with van der Waals surface area (Å²) in [7, 11) is 0. The van der Waals surface area contributed by atoms with Gasteiger partial charge in [-0.25, -0.2) is 4.79 Å². The van der Waals surface area contributed by atoms with Crippen LogP contribution < -0.4 is 0 Å². The molecule has 0 amide bonds. The van der Waals surface area contributed by atoms with Gasteiger partial charge in [-0.2, -0.15) is 5.26 Å². The molecule has 14 heavy (non-hydrogen) atoms. The Kier molecular flexibility index (Phi) is 3.29. The van der Waals surface area contributed by atoms with Crippen molar-refractivity contribution in [1.82, 2.24) is 4.57 Å². The van der Waals surface area contributed by atoms with Gasteiger partial charge in [-0.3, -0.25) is 0 Å². The van der Waals surface area contributed by atoms with Crippen molar-refractivity contribution < 1.29 is 9.90 Å². The smallest absolute Gasteiger partial charge is 0.352 e. The fourth-order valence-electron chi connectivity index (χ4n) is 1.37. The second-order valence-corrected chi connectivity index (χ2v) is 3.08. The molecule has 0 saturated carbocycles. The summed E-state index contributed by atoms with van der Waals surface area (Å²) < 4.78 is 1.72. The van der Waals surface area contributed by atoms with E-state index < -0.39 is 5.97 Å². The van der Waals surface area contributed by atoms with E-state index in [4.69, 9.17) is 10.4 Å². The van der Waals surface area contributed by atoms with Gasteiger partial charge in [-0.1, -0.05) is 0 Å². The minimum atomic E-state index is -0.921. The molecule has 0 radical (unpaired) electrons. The summed E-state index contributed by atoms with van der Waals surface area (Å²) in [5.74, 6) is -0.921. The van der Waals surface area contributed by atoms with E-state index in [1.165, 1.54) is 0 Å². The molecule has 1 heterocycles. The van der Waals surface area contributed by atoms with E-state index in [9.17, 15) is 4.79 Å². The molecule has 0 aliphatic rings. The first kappa shape index (κ1) is 10.3. The molecule has 74 valence electrons. The van der Waals surface area contributed by atoms with E-state index >= 15 is 0 Å². The second-order valence-electron chi connectivity index (χ2n) is 3.08. The van der Waals surface area contributed by atoms with Crippen LogP contribution in [0.15, 0.2) is 12.1 Å². The first-order valence-electron chi connectivity index (χ1n) is 4.43. The van der Waals surface area contributed by atoms with Crippen molar-refractivity contribution in [3.63, 3.8) is 0 Å². The third kappa shape index (κ3) is 2.13. The van der Waals surface area contributed by atoms with Crippen molar-refractivity contribution in [2.75, 3.05) is 0 Å². The van der Waals surface area contributed by atoms with E-state index in [-0.39, 0.29) is 0 Å². The fourth-order valence-corrected chi connectivity index (χ4v) is 1.37. The van der Waals surface area contributed by atoms with Gasteiger partial charge in [-0.15, -0.1) is 0 Å². The van der Waals surface area contributed by atoms with Gasteiger partial charge in [0, 0.05) is 18.7 Å². The number of carbonyl (C=O) groups is 1. The Morgan fingerprint density at radius 2 is 2.36 bits per heavy atom. The van der Waals surface area contributed by atoms with Crippen LogP contribution in [-0.4, -0.2) is 15.6 Å². The molecule has 0 fully saturated rings. The number of hydrogen-bond donors (Lipinski definition) is 1. The minimum Gasteiger partial charge on any atom is -0.477 e. The van der Waals surface area contributed by atoms with Gasteiger partial charge in [0.25, 0.3) is 0 Å². The monoisotopic (exact) mass is 192 g/mol. The standard InChI is InChI=1S/C10H12N2O2/c1-8-4-5-9(10(13)14)12(8)7-3-2-6-11/h4-5H,2-3,7H2,1H3,(H,13,14). The second kappa shape index (κ2) is 4.47. The van der Waals surface area contributed by atoms with Gasteiger partial charge in [0.15, 0.2) is 0 Å². The Morgan fingerprint density at radius 3 is 2.93 bits per heavy atom. The average Bonchev–Trinajstić information content (AvgIpc) is 2.48. The number of carboxylic acids is 1. The number of hydrogen-bond acceptors (Lipinski definition) is 2. The molecule has 0 spiro atoms. The Labute approximate surface area is 82.4 Å². The summed E-state index contributed by atoms with van der Waals surface area (Å²) in [6.45, 7) is 2.45. The van der Waals surface area contributed by atoms with Crippen LogP contribution in [-0.2, 0) is 6.54 Å². The van der Waals surface area contributed by atoms with Crippen molar-refractivity contribution >= 4 is 5.97 Å². The summed E-state index contributed by atoms with van der Waals surface area (Å²) in [6, 6.07) is 5.40. The number of aromatic nitrogens is 1. The summed E-state index contributed by atoms with van der Waals surface area (Å²) in [5, 5.41) is 17.2. The molecule has 0 aromatic carbocycles. The van der Waals surface area contributed by atoms with Gasteiger partial charge in [0.05, 0.1) is 6.07 Å². The maximum absolute atomic E-state index is 10.8. The minimum absolute atomic E-state index is 0.292. The molecule has 4 heteroatoms. The number of nitriles is 1. The lowest BCUT2D eigenvalue weighted by molar-refractivity contribution is 0.0684. The molecule has 1 rings (SSSR count). The summed E-state index contributed by atoms with van der Waals surface area (Å²) in [5.41, 5.74) is 1.21. The molecule has 1 N–H and O–H groups in total. The highest BCUT2D eigenvalue weighted by atomic mass is 16.4. The Hall–Kier alpha value is -1.76. The number of nitrogens with zero attached hydrogens (tertiary/aromatic N) is 2. The topological polar surface area (TPSA) is 66.0 Å². The maximum atomic E-state index is 10.8. The predicted molar refractivity (Wildman–Crippen MR) is 51.0 cm³/mol. The van der Waals surface area contributed by atoms with Gasteiger partial charge in [-0.05, 0) is 25.5 Å². The number of carboxylic acid groups (broad SMARTS) is 1. The zero-order valence-electron chi connectivity index (χ0n) is 8.03. The lowest BCUT2D eigenvalue weighted by atomic mass is 10.3. The Bertz CT molecular complexity index is 374. The van der Waals surface area contributed by atoms with E-state index in [0.717, 1.165) is 5.69 Å². The molecule has 0 atom stereocenters. The van der Waals surface area contributed by atoms with Gasteiger partial charge < -0.3 is 9.67 Å². The number of aryl methyl sites for hydroxylation is 1. The van der Waals surface area contributed by atoms with Crippen LogP contribution in [0.3, 0.4) is 0 Å². The number of unbranched alkanes of at least 4 members (excludes halogenated alkanes) is 1. The molecular formula is C10H12N2O2. The largest absolute Gasteiger partial charge is 0.477 e. The molecule has 4 nitrogen and oxygen atoms in total. The van der Waals surface area contributed by atoms with E-state index in [1.54, 1.807) is 16.7 Å². The zero-order chi connectivity index (χ0) is 10.6. The number of rotatable bonds is 4. The van der Waals surface area contributed by atoms with Gasteiger partial charge >= 0.3 is 5.97 Å². The van der Waals surface area contributed by atoms with Crippen molar-refractivity contribution in [2.45, 2.75) is 26.3 Å². The fraction of sp³-hybridized carbons (Fsp3) is 0.400. The molecule has 0 bridgehead atoms. The third-order valence-corrected chi connectivity index (χ3v) is 2.09. The normalized spacial score (nSPS) is 9.71. The van der Waals surface area contributed by atoms with Crippen LogP contribution in [0.4, 0.5) is 0 Å². The lowest BCUT2D eigenvalue weighted by Gasteiger charge is -2.07. The molecule has 0 aliphatic heterocycles. The zero-order valence-corrected chi connectivity index (χ0v) is 8.03. The van der Waals surface area contributed by atoms with Crippen LogP contribution >= 0.6 is 0 Å². The highest BCUT2D eigenvalue weighted by Gasteiger charge is 2.10. The van der Waals surface area contributed by atoms with E-state index in [0.29, 0.717) is 25.1 Å². The van der Waals surface area contributed by atoms with Crippen LogP contribution in [0.5, 0.6) is 0 Å². The van der Waals surface area contributed by atoms with Crippen LogP contribution in [0.2, 0.25) is 0 Å². The Morgan fingerprint density at radius 1 is 1.64 bits per heavy atom. The average molecular weight is 192 g/mol.